The van der Waals surface area contributed by atoms with Crippen molar-refractivity contribution in [3.8, 4) is 5.75 Å². The van der Waals surface area contributed by atoms with Gasteiger partial charge in [0, 0.05) is 50.4 Å². The SMILES string of the molecule is Nc1cc(NC(=O)c2ccc(CS(=O)(=O)CCCl)cc2)ccc1S(=O)(=O)O.Nc1ccc(S(=O)(=O)O)c2cc(S(=O)(=O)O)cc(O)c12.Nc1ccc2c(S(=O)(=O)O)cccc2c1S(=O)(=O)O. The molecule has 0 aromatic heterocycles. The summed E-state index contributed by atoms with van der Waals surface area (Å²) in [6.45, 7) is 0. The van der Waals surface area contributed by atoms with E-state index in [-0.39, 0.29) is 67.2 Å². The second-order valence-corrected chi connectivity index (χ2v) is 22.9. The van der Waals surface area contributed by atoms with Crippen molar-refractivity contribution < 1.29 is 83.2 Å². The van der Waals surface area contributed by atoms with Crippen LogP contribution in [0, 0.1) is 0 Å². The van der Waals surface area contributed by atoms with E-state index >= 15 is 0 Å². The summed E-state index contributed by atoms with van der Waals surface area (Å²) in [5, 5.41) is 11.7. The van der Waals surface area contributed by atoms with Crippen LogP contribution in [0.3, 0.4) is 0 Å². The van der Waals surface area contributed by atoms with Crippen molar-refractivity contribution in [1.82, 2.24) is 0 Å². The fourth-order valence-corrected chi connectivity index (χ4v) is 11.0. The molecule has 1 amide bonds. The number of fused-ring (bicyclic) bond motifs is 2. The Hall–Kier alpha value is -5.70. The van der Waals surface area contributed by atoms with Crippen LogP contribution in [0.2, 0.25) is 0 Å². The second-order valence-electron chi connectivity index (χ2n) is 13.4. The van der Waals surface area contributed by atoms with Crippen LogP contribution in [-0.4, -0.2) is 95.9 Å². The Morgan fingerprint density at radius 1 is 0.545 bits per heavy atom. The van der Waals surface area contributed by atoms with Gasteiger partial charge in [0.1, 0.15) is 25.3 Å². The number of nitrogens with two attached hydrogens (primary N) is 3. The normalized spacial score (nSPS) is 12.4. The van der Waals surface area contributed by atoms with Crippen molar-refractivity contribution >= 4 is 122 Å². The number of nitrogen functional groups attached to an aromatic ring is 3. The van der Waals surface area contributed by atoms with Crippen molar-refractivity contribution in [2.45, 2.75) is 30.2 Å². The molecule has 6 aromatic carbocycles. The average Bonchev–Trinajstić information content (AvgIpc) is 3.16. The van der Waals surface area contributed by atoms with Crippen molar-refractivity contribution in [3.05, 3.63) is 108 Å². The van der Waals surface area contributed by atoms with Gasteiger partial charge in [-0.2, -0.15) is 42.1 Å². The summed E-state index contributed by atoms with van der Waals surface area (Å²) in [6.07, 6.45) is 0. The number of anilines is 4. The van der Waals surface area contributed by atoms with E-state index in [4.69, 9.17) is 51.6 Å². The summed E-state index contributed by atoms with van der Waals surface area (Å²) in [5.41, 5.74) is 17.2. The third-order valence-corrected chi connectivity index (χ3v) is 15.3. The van der Waals surface area contributed by atoms with E-state index in [2.05, 4.69) is 5.32 Å². The number of phenols is 1. The predicted molar refractivity (Wildman–Crippen MR) is 241 cm³/mol. The molecule has 0 heterocycles. The molecule has 0 aliphatic heterocycles. The van der Waals surface area contributed by atoms with Crippen LogP contribution in [0.25, 0.3) is 21.5 Å². The average molecular weight is 1060 g/mol. The Labute approximate surface area is 381 Å². The minimum atomic E-state index is -4.67. The first-order chi connectivity index (χ1) is 30.2. The Bertz CT molecular complexity index is 3590. The van der Waals surface area contributed by atoms with Crippen LogP contribution in [-0.2, 0) is 66.2 Å². The van der Waals surface area contributed by atoms with Gasteiger partial charge in [-0.3, -0.25) is 27.6 Å². The summed E-state index contributed by atoms with van der Waals surface area (Å²) >= 11 is 5.45. The number of hydrogen-bond donors (Lipinski definition) is 10. The molecule has 0 atom stereocenters. The van der Waals surface area contributed by atoms with Crippen LogP contribution in [0.5, 0.6) is 5.75 Å². The molecular weight excluding hydrogens is 1020 g/mol. The van der Waals surface area contributed by atoms with Crippen LogP contribution in [0.1, 0.15) is 15.9 Å². The van der Waals surface area contributed by atoms with Gasteiger partial charge in [-0.15, -0.1) is 11.6 Å². The minimum absolute atomic E-state index is 0.0162. The molecule has 0 bridgehead atoms. The Morgan fingerprint density at radius 3 is 1.61 bits per heavy atom. The first kappa shape index (κ1) is 52.9. The smallest absolute Gasteiger partial charge is 0.297 e. The van der Waals surface area contributed by atoms with Crippen molar-refractivity contribution in [1.29, 1.82) is 0 Å². The maximum absolute atomic E-state index is 12.3. The Morgan fingerprint density at radius 2 is 1.09 bits per heavy atom. The minimum Gasteiger partial charge on any atom is -0.507 e. The number of aromatic hydroxyl groups is 1. The highest BCUT2D eigenvalue weighted by Gasteiger charge is 2.24. The van der Waals surface area contributed by atoms with Crippen molar-refractivity contribution in [2.24, 2.45) is 0 Å². The van der Waals surface area contributed by atoms with E-state index in [1.165, 1.54) is 54.6 Å². The molecule has 6 rings (SSSR count). The molecule has 6 aromatic rings. The molecule has 0 radical (unpaired) electrons. The third-order valence-electron chi connectivity index (χ3n) is 8.71. The number of alkyl halides is 1. The number of carbonyl (C=O) groups excluding carboxylic acids is 1. The molecule has 0 saturated heterocycles. The number of hydrogen-bond acceptors (Lipinski definition) is 17. The number of phenolic OH excluding ortho intramolecular Hbond substituents is 1. The highest BCUT2D eigenvalue weighted by Crippen LogP contribution is 2.37. The van der Waals surface area contributed by atoms with E-state index in [9.17, 15) is 60.4 Å². The first-order valence-electron chi connectivity index (χ1n) is 17.5. The number of rotatable bonds is 11. The number of sulfone groups is 1. The standard InChI is InChI=1S/C16H17ClN2O6S2.C10H9NO7S2.C10H9NO6S2/c17-7-8-26(21,22)10-11-1-3-12(4-2-11)16(20)19-13-5-6-15(14(18)9-13)27(23,24)25;11-7-1-2-9(20(16,17)18)6-3-5(19(13,14)15)4-8(12)10(6)7;11-8-5-4-6-7(10(8)19(15,16)17)2-1-3-9(6)18(12,13)14/h1-6,9H,7-8,10,18H2,(H,19,20)(H,23,24,25);1-4,12H,11H2,(H,13,14,15)(H,16,17,18);1-5H,11H2,(H,12,13,14)(H,15,16,17). The van der Waals surface area contributed by atoms with Gasteiger partial charge >= 0.3 is 0 Å². The largest absolute Gasteiger partial charge is 0.507 e. The zero-order chi connectivity index (χ0) is 50.0. The van der Waals surface area contributed by atoms with Gasteiger partial charge in [0.05, 0.1) is 27.8 Å². The molecule has 0 saturated carbocycles. The van der Waals surface area contributed by atoms with Gasteiger partial charge in [0.15, 0.2) is 9.84 Å². The highest BCUT2D eigenvalue weighted by molar-refractivity contribution is 7.90. The summed E-state index contributed by atoms with van der Waals surface area (Å²) in [7, 11) is -26.2. The van der Waals surface area contributed by atoms with Crippen LogP contribution >= 0.6 is 11.6 Å². The van der Waals surface area contributed by atoms with E-state index in [1.807, 2.05) is 0 Å². The molecule has 66 heavy (non-hydrogen) atoms. The van der Waals surface area contributed by atoms with Crippen LogP contribution in [0.4, 0.5) is 22.7 Å². The van der Waals surface area contributed by atoms with Gasteiger partial charge in [0.2, 0.25) is 0 Å². The van der Waals surface area contributed by atoms with Gasteiger partial charge in [-0.25, -0.2) is 8.42 Å². The van der Waals surface area contributed by atoms with Crippen LogP contribution < -0.4 is 22.5 Å². The first-order valence-corrected chi connectivity index (χ1v) is 27.0. The van der Waals surface area contributed by atoms with E-state index in [0.717, 1.165) is 42.5 Å². The monoisotopic (exact) mass is 1050 g/mol. The third kappa shape index (κ3) is 13.2. The lowest BCUT2D eigenvalue weighted by Gasteiger charge is -2.10. The lowest BCUT2D eigenvalue weighted by Crippen LogP contribution is -2.13. The molecule has 356 valence electrons. The molecule has 30 heteroatoms. The second kappa shape index (κ2) is 19.6. The van der Waals surface area contributed by atoms with E-state index < -0.39 is 96.6 Å². The number of amides is 1. The van der Waals surface area contributed by atoms with E-state index in [1.54, 1.807) is 0 Å². The van der Waals surface area contributed by atoms with Crippen LogP contribution in [0.15, 0.2) is 122 Å². The van der Waals surface area contributed by atoms with Gasteiger partial charge in [-0.05, 0) is 66.2 Å². The number of nitrogens with one attached hydrogen (secondary N) is 1. The quantitative estimate of drug-likeness (QED) is 0.0504. The molecule has 0 aliphatic rings. The van der Waals surface area contributed by atoms with Gasteiger partial charge in [0.25, 0.3) is 56.5 Å². The molecule has 0 aliphatic carbocycles. The number of benzene rings is 6. The highest BCUT2D eigenvalue weighted by atomic mass is 35.5. The van der Waals surface area contributed by atoms with Gasteiger partial charge in [-0.1, -0.05) is 30.3 Å². The lowest BCUT2D eigenvalue weighted by molar-refractivity contribution is 0.102. The number of carbonyl (C=O) groups is 1. The van der Waals surface area contributed by atoms with E-state index in [0.29, 0.717) is 5.56 Å². The summed E-state index contributed by atoms with van der Waals surface area (Å²) < 4.78 is 181. The Kier molecular flexibility index (Phi) is 15.7. The summed E-state index contributed by atoms with van der Waals surface area (Å²) in [6, 6.07) is 19.2. The molecular formula is C36H35ClN4O19S6. The lowest BCUT2D eigenvalue weighted by atomic mass is 10.1. The van der Waals surface area contributed by atoms with Crippen molar-refractivity contribution in [3.63, 3.8) is 0 Å². The molecule has 0 spiro atoms. The summed E-state index contributed by atoms with van der Waals surface area (Å²) in [4.78, 5) is 9.38. The Balaban J connectivity index is 0.000000221. The molecule has 13 N–H and O–H groups in total. The van der Waals surface area contributed by atoms with Gasteiger partial charge < -0.3 is 27.6 Å². The fraction of sp³-hybridized carbons (Fsp3) is 0.0833. The topological polar surface area (TPSA) is 433 Å². The zero-order valence-corrected chi connectivity index (χ0v) is 38.6. The van der Waals surface area contributed by atoms with Crippen molar-refractivity contribution in [2.75, 3.05) is 34.2 Å². The molecule has 0 fully saturated rings. The predicted octanol–water partition coefficient (Wildman–Crippen LogP) is 3.46. The molecule has 0 unspecified atom stereocenters. The zero-order valence-electron chi connectivity index (χ0n) is 32.9. The summed E-state index contributed by atoms with van der Waals surface area (Å²) in [5.74, 6) is -1.42. The maximum Gasteiger partial charge on any atom is 0.297 e. The number of halogens is 1. The maximum atomic E-state index is 12.3. The fourth-order valence-electron chi connectivity index (χ4n) is 5.90. The molecule has 23 nitrogen and oxygen atoms in total.